The number of nitrogens with one attached hydrogen (secondary N) is 1. The van der Waals surface area contributed by atoms with Gasteiger partial charge in [-0.2, -0.15) is 0 Å². The van der Waals surface area contributed by atoms with Crippen molar-refractivity contribution < 1.29 is 4.79 Å². The van der Waals surface area contributed by atoms with Crippen LogP contribution in [0.2, 0.25) is 0 Å². The fourth-order valence-corrected chi connectivity index (χ4v) is 2.94. The van der Waals surface area contributed by atoms with Crippen molar-refractivity contribution in [3.05, 3.63) is 35.2 Å². The number of hydrogen-bond donors (Lipinski definition) is 2. The van der Waals surface area contributed by atoms with Crippen LogP contribution >= 0.6 is 11.8 Å². The number of nitrogens with zero attached hydrogens (tertiary/aromatic N) is 3. The van der Waals surface area contributed by atoms with Gasteiger partial charge in [-0.25, -0.2) is 4.68 Å². The third-order valence-corrected chi connectivity index (χ3v) is 4.56. The molecule has 1 heterocycles. The number of thioether (sulfide) groups is 1. The van der Waals surface area contributed by atoms with Gasteiger partial charge in [0.05, 0.1) is 5.25 Å². The van der Waals surface area contributed by atoms with Crippen molar-refractivity contribution in [1.82, 2.24) is 14.9 Å². The second kappa shape index (κ2) is 7.04. The molecule has 0 bridgehead atoms. The van der Waals surface area contributed by atoms with Crippen molar-refractivity contribution in [2.75, 3.05) is 11.2 Å². The lowest BCUT2D eigenvalue weighted by Crippen LogP contribution is -2.24. The highest BCUT2D eigenvalue weighted by molar-refractivity contribution is 8.00. The Balaban J connectivity index is 2.05. The molecule has 2 rings (SSSR count). The SMILES string of the molecule is Cc1ccc(NC(=O)[C@H](C)Sc2nnc(C(C)C)n2N)c(C)c1. The molecule has 1 aromatic heterocycles. The van der Waals surface area contributed by atoms with Gasteiger partial charge in [0, 0.05) is 11.6 Å². The van der Waals surface area contributed by atoms with E-state index in [2.05, 4.69) is 15.5 Å². The zero-order valence-corrected chi connectivity index (χ0v) is 14.9. The van der Waals surface area contributed by atoms with E-state index in [4.69, 9.17) is 5.84 Å². The highest BCUT2D eigenvalue weighted by atomic mass is 32.2. The number of amides is 1. The number of rotatable bonds is 5. The Morgan fingerprint density at radius 2 is 1.96 bits per heavy atom. The van der Waals surface area contributed by atoms with Crippen LogP contribution in [0.15, 0.2) is 23.4 Å². The van der Waals surface area contributed by atoms with Gasteiger partial charge in [-0.1, -0.05) is 43.3 Å². The molecule has 1 aromatic carbocycles. The van der Waals surface area contributed by atoms with Crippen LogP contribution in [0.4, 0.5) is 5.69 Å². The molecule has 0 unspecified atom stereocenters. The molecule has 0 radical (unpaired) electrons. The van der Waals surface area contributed by atoms with Gasteiger partial charge in [-0.3, -0.25) is 4.79 Å². The second-order valence-electron chi connectivity index (χ2n) is 5.93. The van der Waals surface area contributed by atoms with Gasteiger partial charge in [0.1, 0.15) is 0 Å². The lowest BCUT2D eigenvalue weighted by molar-refractivity contribution is -0.115. The van der Waals surface area contributed by atoms with Gasteiger partial charge in [-0.15, -0.1) is 10.2 Å². The largest absolute Gasteiger partial charge is 0.336 e. The Morgan fingerprint density at radius 3 is 2.52 bits per heavy atom. The van der Waals surface area contributed by atoms with E-state index in [0.29, 0.717) is 11.0 Å². The van der Waals surface area contributed by atoms with Crippen molar-refractivity contribution >= 4 is 23.4 Å². The molecule has 0 aliphatic rings. The Morgan fingerprint density at radius 1 is 1.26 bits per heavy atom. The minimum absolute atomic E-state index is 0.0870. The molecule has 23 heavy (non-hydrogen) atoms. The summed E-state index contributed by atoms with van der Waals surface area (Å²) in [6, 6.07) is 5.94. The number of nitrogen functional groups attached to an aromatic ring is 1. The zero-order chi connectivity index (χ0) is 17.1. The Labute approximate surface area is 140 Å². The number of anilines is 1. The first kappa shape index (κ1) is 17.3. The fourth-order valence-electron chi connectivity index (χ4n) is 2.16. The molecule has 6 nitrogen and oxygen atoms in total. The third-order valence-electron chi connectivity index (χ3n) is 3.50. The standard InChI is InChI=1S/C16H23N5OS/c1-9(2)14-19-20-16(21(14)17)23-12(5)15(22)18-13-7-6-10(3)8-11(13)4/h6-9,12H,17H2,1-5H3,(H,18,22)/t12-/m0/s1. The summed E-state index contributed by atoms with van der Waals surface area (Å²) in [6.45, 7) is 9.83. The lowest BCUT2D eigenvalue weighted by atomic mass is 10.1. The first-order chi connectivity index (χ1) is 10.8. The van der Waals surface area contributed by atoms with Crippen molar-refractivity contribution in [3.8, 4) is 0 Å². The van der Waals surface area contributed by atoms with Gasteiger partial charge in [0.15, 0.2) is 5.82 Å². The molecule has 0 fully saturated rings. The van der Waals surface area contributed by atoms with Gasteiger partial charge in [-0.05, 0) is 32.4 Å². The molecule has 0 spiro atoms. The van der Waals surface area contributed by atoms with Crippen molar-refractivity contribution in [1.29, 1.82) is 0 Å². The van der Waals surface area contributed by atoms with Crippen LogP contribution in [0.5, 0.6) is 0 Å². The van der Waals surface area contributed by atoms with E-state index in [-0.39, 0.29) is 17.1 Å². The van der Waals surface area contributed by atoms with E-state index < -0.39 is 0 Å². The summed E-state index contributed by atoms with van der Waals surface area (Å²) < 4.78 is 1.45. The molecule has 0 saturated carbocycles. The average molecular weight is 333 g/mol. The highest BCUT2D eigenvalue weighted by Gasteiger charge is 2.20. The molecule has 0 saturated heterocycles. The van der Waals surface area contributed by atoms with Crippen LogP contribution in [0.1, 0.15) is 43.6 Å². The smallest absolute Gasteiger partial charge is 0.237 e. The zero-order valence-electron chi connectivity index (χ0n) is 14.1. The first-order valence-corrected chi connectivity index (χ1v) is 8.42. The molecular weight excluding hydrogens is 310 g/mol. The molecule has 124 valence electrons. The lowest BCUT2D eigenvalue weighted by Gasteiger charge is -2.13. The maximum Gasteiger partial charge on any atom is 0.237 e. The van der Waals surface area contributed by atoms with E-state index in [0.717, 1.165) is 11.3 Å². The predicted molar refractivity (Wildman–Crippen MR) is 94.1 cm³/mol. The van der Waals surface area contributed by atoms with Gasteiger partial charge >= 0.3 is 0 Å². The molecule has 3 N–H and O–H groups in total. The summed E-state index contributed by atoms with van der Waals surface area (Å²) in [6.07, 6.45) is 0. The highest BCUT2D eigenvalue weighted by Crippen LogP contribution is 2.24. The number of hydrogen-bond acceptors (Lipinski definition) is 5. The van der Waals surface area contributed by atoms with Crippen LogP contribution < -0.4 is 11.2 Å². The maximum absolute atomic E-state index is 12.4. The van der Waals surface area contributed by atoms with Gasteiger partial charge < -0.3 is 11.2 Å². The van der Waals surface area contributed by atoms with Gasteiger partial charge in [0.2, 0.25) is 11.1 Å². The predicted octanol–water partition coefficient (Wildman–Crippen LogP) is 2.85. The van der Waals surface area contributed by atoms with Crippen LogP contribution in [-0.4, -0.2) is 26.0 Å². The molecule has 1 atom stereocenters. The Kier molecular flexibility index (Phi) is 5.30. The van der Waals surface area contributed by atoms with Crippen molar-refractivity contribution in [2.24, 2.45) is 0 Å². The molecule has 1 amide bonds. The fraction of sp³-hybridized carbons (Fsp3) is 0.438. The van der Waals surface area contributed by atoms with E-state index in [1.807, 2.05) is 52.8 Å². The minimum Gasteiger partial charge on any atom is -0.336 e. The molecule has 7 heteroatoms. The number of aryl methyl sites for hydroxylation is 2. The van der Waals surface area contributed by atoms with E-state index in [9.17, 15) is 4.79 Å². The minimum atomic E-state index is -0.331. The molecule has 0 aliphatic carbocycles. The van der Waals surface area contributed by atoms with Crippen LogP contribution in [-0.2, 0) is 4.79 Å². The Bertz CT molecular complexity index is 710. The van der Waals surface area contributed by atoms with Crippen LogP contribution in [0.25, 0.3) is 0 Å². The van der Waals surface area contributed by atoms with E-state index >= 15 is 0 Å². The first-order valence-electron chi connectivity index (χ1n) is 7.54. The molecular formula is C16H23N5OS. The number of carbonyl (C=O) groups excluding carboxylic acids is 1. The summed E-state index contributed by atoms with van der Waals surface area (Å²) in [5.74, 6) is 6.78. The van der Waals surface area contributed by atoms with Gasteiger partial charge in [0.25, 0.3) is 0 Å². The summed E-state index contributed by atoms with van der Waals surface area (Å²) in [5, 5.41) is 11.3. The topological polar surface area (TPSA) is 85.8 Å². The maximum atomic E-state index is 12.4. The quantitative estimate of drug-likeness (QED) is 0.649. The monoisotopic (exact) mass is 333 g/mol. The van der Waals surface area contributed by atoms with E-state index in [1.54, 1.807) is 0 Å². The Hall–Kier alpha value is -2.02. The molecule has 0 aliphatic heterocycles. The summed E-state index contributed by atoms with van der Waals surface area (Å²) in [4.78, 5) is 12.4. The molecule has 2 aromatic rings. The normalized spacial score (nSPS) is 12.4. The van der Waals surface area contributed by atoms with Crippen LogP contribution in [0, 0.1) is 13.8 Å². The third kappa shape index (κ3) is 4.04. The number of aromatic nitrogens is 3. The second-order valence-corrected chi connectivity index (χ2v) is 7.24. The average Bonchev–Trinajstić information content (AvgIpc) is 2.83. The number of benzene rings is 1. The summed E-state index contributed by atoms with van der Waals surface area (Å²) in [5.41, 5.74) is 3.03. The summed E-state index contributed by atoms with van der Waals surface area (Å²) >= 11 is 1.30. The van der Waals surface area contributed by atoms with Crippen LogP contribution in [0.3, 0.4) is 0 Å². The van der Waals surface area contributed by atoms with Crippen molar-refractivity contribution in [3.63, 3.8) is 0 Å². The van der Waals surface area contributed by atoms with E-state index in [1.165, 1.54) is 22.0 Å². The number of nitrogens with two attached hydrogens (primary N) is 1. The number of carbonyl (C=O) groups is 1. The summed E-state index contributed by atoms with van der Waals surface area (Å²) in [7, 11) is 0. The van der Waals surface area contributed by atoms with Crippen molar-refractivity contribution in [2.45, 2.75) is 50.9 Å².